The first-order valence-corrected chi connectivity index (χ1v) is 8.34. The first-order chi connectivity index (χ1) is 12.7. The second-order valence-corrected chi connectivity index (χ2v) is 6.14. The number of rotatable bonds is 3. The summed E-state index contributed by atoms with van der Waals surface area (Å²) in [4.78, 5) is 27.8. The van der Waals surface area contributed by atoms with Gasteiger partial charge < -0.3 is 15.6 Å². The van der Waals surface area contributed by atoms with Gasteiger partial charge in [-0.1, -0.05) is 36.4 Å². The van der Waals surface area contributed by atoms with Crippen molar-refractivity contribution in [2.45, 2.75) is 6.54 Å². The summed E-state index contributed by atoms with van der Waals surface area (Å²) < 4.78 is 1.13. The van der Waals surface area contributed by atoms with Crippen LogP contribution in [0.2, 0.25) is 0 Å². The van der Waals surface area contributed by atoms with E-state index in [1.807, 2.05) is 61.6 Å². The number of nitrogens with zero attached hydrogens (tertiary/aromatic N) is 1. The van der Waals surface area contributed by atoms with E-state index < -0.39 is 11.7 Å². The standard InChI is InChI=1S/C20H18N4O2.ClH/c1-21-12-13-5-4-8-16(9-13)22-19(25)24-18-11-15-7-3-2-6-14(15)10-17(18)23-20(24)26;/h2-11,21H,12H2,1H3,(H,22,25)(H,23,26);1H. The Morgan fingerprint density at radius 2 is 1.78 bits per heavy atom. The summed E-state index contributed by atoms with van der Waals surface area (Å²) in [7, 11) is 1.86. The normalized spacial score (nSPS) is 10.7. The van der Waals surface area contributed by atoms with E-state index in [2.05, 4.69) is 15.6 Å². The molecule has 27 heavy (non-hydrogen) atoms. The molecule has 4 aromatic rings. The van der Waals surface area contributed by atoms with E-state index >= 15 is 0 Å². The summed E-state index contributed by atoms with van der Waals surface area (Å²) in [6, 6.07) is 18.5. The van der Waals surface area contributed by atoms with Crippen LogP contribution in [0.25, 0.3) is 21.8 Å². The molecule has 0 aliphatic heterocycles. The van der Waals surface area contributed by atoms with E-state index in [-0.39, 0.29) is 12.4 Å². The number of hydrogen-bond acceptors (Lipinski definition) is 3. The molecule has 7 heteroatoms. The van der Waals surface area contributed by atoms with Crippen LogP contribution >= 0.6 is 12.4 Å². The number of halogens is 1. The van der Waals surface area contributed by atoms with Crippen molar-refractivity contribution in [3.8, 4) is 0 Å². The highest BCUT2D eigenvalue weighted by atomic mass is 35.5. The minimum Gasteiger partial charge on any atom is -0.316 e. The highest BCUT2D eigenvalue weighted by molar-refractivity contribution is 6.01. The molecule has 0 radical (unpaired) electrons. The van der Waals surface area contributed by atoms with E-state index in [1.165, 1.54) is 0 Å². The number of benzene rings is 3. The first-order valence-electron chi connectivity index (χ1n) is 8.34. The molecular weight excluding hydrogens is 364 g/mol. The Balaban J connectivity index is 0.00000210. The molecule has 0 aliphatic carbocycles. The van der Waals surface area contributed by atoms with Gasteiger partial charge in [-0.25, -0.2) is 14.2 Å². The van der Waals surface area contributed by atoms with Crippen molar-refractivity contribution >= 4 is 45.9 Å². The minimum absolute atomic E-state index is 0. The molecule has 0 bridgehead atoms. The number of hydrogen-bond donors (Lipinski definition) is 3. The number of carbonyl (C=O) groups excluding carboxylic acids is 1. The third kappa shape index (κ3) is 3.58. The molecule has 138 valence electrons. The number of imidazole rings is 1. The summed E-state index contributed by atoms with van der Waals surface area (Å²) in [5.74, 6) is 0. The Hall–Kier alpha value is -3.09. The van der Waals surface area contributed by atoms with Gasteiger partial charge in [-0.2, -0.15) is 0 Å². The monoisotopic (exact) mass is 382 g/mol. The van der Waals surface area contributed by atoms with Crippen LogP contribution in [0.5, 0.6) is 0 Å². The summed E-state index contributed by atoms with van der Waals surface area (Å²) in [6.07, 6.45) is 0. The van der Waals surface area contributed by atoms with Gasteiger partial charge in [0, 0.05) is 12.2 Å². The Bertz CT molecular complexity index is 1180. The highest BCUT2D eigenvalue weighted by Crippen LogP contribution is 2.21. The van der Waals surface area contributed by atoms with Gasteiger partial charge in [0.15, 0.2) is 0 Å². The van der Waals surface area contributed by atoms with Crippen molar-refractivity contribution in [3.63, 3.8) is 0 Å². The van der Waals surface area contributed by atoms with E-state index in [0.717, 1.165) is 20.9 Å². The van der Waals surface area contributed by atoms with Crippen LogP contribution in [0.15, 0.2) is 65.5 Å². The minimum atomic E-state index is -0.488. The number of amides is 1. The topological polar surface area (TPSA) is 78.9 Å². The van der Waals surface area contributed by atoms with Crippen molar-refractivity contribution in [2.24, 2.45) is 0 Å². The summed E-state index contributed by atoms with van der Waals surface area (Å²) in [5.41, 5.74) is 2.41. The summed E-state index contributed by atoms with van der Waals surface area (Å²) >= 11 is 0. The maximum Gasteiger partial charge on any atom is 0.334 e. The second-order valence-electron chi connectivity index (χ2n) is 6.14. The zero-order valence-corrected chi connectivity index (χ0v) is 15.5. The van der Waals surface area contributed by atoms with Crippen LogP contribution in [0.3, 0.4) is 0 Å². The van der Waals surface area contributed by atoms with Crippen molar-refractivity contribution in [3.05, 3.63) is 76.7 Å². The molecule has 6 nitrogen and oxygen atoms in total. The number of anilines is 1. The van der Waals surface area contributed by atoms with Crippen LogP contribution in [-0.2, 0) is 6.54 Å². The summed E-state index contributed by atoms with van der Waals surface area (Å²) in [6.45, 7) is 0.697. The average molecular weight is 383 g/mol. The van der Waals surface area contributed by atoms with Crippen molar-refractivity contribution < 1.29 is 4.79 Å². The van der Waals surface area contributed by atoms with Crippen molar-refractivity contribution in [1.82, 2.24) is 14.9 Å². The average Bonchev–Trinajstić information content (AvgIpc) is 2.95. The molecule has 0 spiro atoms. The highest BCUT2D eigenvalue weighted by Gasteiger charge is 2.15. The molecule has 0 unspecified atom stereocenters. The Labute approximate surface area is 161 Å². The Kier molecular flexibility index (Phi) is 5.30. The van der Waals surface area contributed by atoms with Crippen LogP contribution in [-0.4, -0.2) is 22.6 Å². The van der Waals surface area contributed by atoms with E-state index in [0.29, 0.717) is 23.3 Å². The van der Waals surface area contributed by atoms with Crippen LogP contribution < -0.4 is 16.3 Å². The SMILES string of the molecule is CNCc1cccc(NC(=O)n2c(=O)[nH]c3cc4ccccc4cc32)c1.Cl. The molecular formula is C20H19ClN4O2. The number of carbonyl (C=O) groups is 1. The number of fused-ring (bicyclic) bond motifs is 2. The van der Waals surface area contributed by atoms with E-state index in [4.69, 9.17) is 0 Å². The lowest BCUT2D eigenvalue weighted by Gasteiger charge is -2.08. The van der Waals surface area contributed by atoms with Gasteiger partial charge in [-0.15, -0.1) is 12.4 Å². The van der Waals surface area contributed by atoms with E-state index in [9.17, 15) is 9.59 Å². The lowest BCUT2D eigenvalue weighted by molar-refractivity contribution is 0.253. The number of H-pyrrole nitrogens is 1. The molecule has 0 atom stereocenters. The zero-order chi connectivity index (χ0) is 18.1. The van der Waals surface area contributed by atoms with Crippen molar-refractivity contribution in [2.75, 3.05) is 12.4 Å². The smallest absolute Gasteiger partial charge is 0.316 e. The van der Waals surface area contributed by atoms with Crippen molar-refractivity contribution in [1.29, 1.82) is 0 Å². The number of aromatic amines is 1. The van der Waals surface area contributed by atoms with Crippen LogP contribution in [0.4, 0.5) is 10.5 Å². The maximum absolute atomic E-state index is 12.7. The fourth-order valence-corrected chi connectivity index (χ4v) is 3.14. The maximum atomic E-state index is 12.7. The number of aromatic nitrogens is 2. The quantitative estimate of drug-likeness (QED) is 0.505. The van der Waals surface area contributed by atoms with Crippen LogP contribution in [0, 0.1) is 0 Å². The fraction of sp³-hybridized carbons (Fsp3) is 0.100. The van der Waals surface area contributed by atoms with Gasteiger partial charge in [-0.3, -0.25) is 0 Å². The molecule has 0 saturated carbocycles. The predicted octanol–water partition coefficient (Wildman–Crippen LogP) is 3.70. The lowest BCUT2D eigenvalue weighted by Crippen LogP contribution is -2.29. The zero-order valence-electron chi connectivity index (χ0n) is 14.7. The fourth-order valence-electron chi connectivity index (χ4n) is 3.14. The van der Waals surface area contributed by atoms with Gasteiger partial charge in [0.1, 0.15) is 0 Å². The van der Waals surface area contributed by atoms with Gasteiger partial charge >= 0.3 is 11.7 Å². The van der Waals surface area contributed by atoms with E-state index in [1.54, 1.807) is 6.07 Å². The molecule has 0 saturated heterocycles. The molecule has 3 N–H and O–H groups in total. The van der Waals surface area contributed by atoms with Crippen LogP contribution in [0.1, 0.15) is 5.56 Å². The van der Waals surface area contributed by atoms with Gasteiger partial charge in [0.25, 0.3) is 0 Å². The summed E-state index contributed by atoms with van der Waals surface area (Å²) in [5, 5.41) is 7.85. The Morgan fingerprint density at radius 1 is 1.04 bits per heavy atom. The lowest BCUT2D eigenvalue weighted by atomic mass is 10.1. The first kappa shape index (κ1) is 18.7. The third-order valence-electron chi connectivity index (χ3n) is 4.31. The largest absolute Gasteiger partial charge is 0.334 e. The van der Waals surface area contributed by atoms with Gasteiger partial charge in [0.05, 0.1) is 11.0 Å². The molecule has 1 aromatic heterocycles. The third-order valence-corrected chi connectivity index (χ3v) is 4.31. The second kappa shape index (κ2) is 7.65. The molecule has 1 amide bonds. The molecule has 0 fully saturated rings. The molecule has 3 aromatic carbocycles. The number of nitrogens with one attached hydrogen (secondary N) is 3. The predicted molar refractivity (Wildman–Crippen MR) is 111 cm³/mol. The van der Waals surface area contributed by atoms with Gasteiger partial charge in [0.2, 0.25) is 0 Å². The Morgan fingerprint density at radius 3 is 2.52 bits per heavy atom. The van der Waals surface area contributed by atoms with Gasteiger partial charge in [-0.05, 0) is 47.6 Å². The molecule has 4 rings (SSSR count). The molecule has 1 heterocycles. The molecule has 0 aliphatic rings.